The van der Waals surface area contributed by atoms with Crippen molar-refractivity contribution in [2.75, 3.05) is 17.2 Å². The Morgan fingerprint density at radius 1 is 1.43 bits per heavy atom. The number of nitrogens with zero attached hydrogens (tertiary/aromatic N) is 4. The van der Waals surface area contributed by atoms with E-state index in [9.17, 15) is 4.79 Å². The van der Waals surface area contributed by atoms with Gasteiger partial charge in [-0.3, -0.25) is 9.48 Å². The number of anilines is 3. The first-order valence-corrected chi connectivity index (χ1v) is 6.76. The van der Waals surface area contributed by atoms with Gasteiger partial charge in [0, 0.05) is 26.0 Å². The molecule has 0 aromatic carbocycles. The maximum atomic E-state index is 11.4. The molecule has 0 bridgehead atoms. The van der Waals surface area contributed by atoms with Gasteiger partial charge < -0.3 is 16.4 Å². The first-order valence-electron chi connectivity index (χ1n) is 6.76. The van der Waals surface area contributed by atoms with Gasteiger partial charge in [0.05, 0.1) is 17.4 Å². The second kappa shape index (κ2) is 6.69. The average Bonchev–Trinajstić information content (AvgIpc) is 2.84. The van der Waals surface area contributed by atoms with Crippen LogP contribution >= 0.6 is 0 Å². The summed E-state index contributed by atoms with van der Waals surface area (Å²) < 4.78 is 1.67. The first-order chi connectivity index (χ1) is 10.1. The Morgan fingerprint density at radius 2 is 2.24 bits per heavy atom. The van der Waals surface area contributed by atoms with Gasteiger partial charge in [0.25, 0.3) is 5.91 Å². The van der Waals surface area contributed by atoms with E-state index in [1.807, 2.05) is 7.05 Å². The smallest absolute Gasteiger partial charge is 0.254 e. The molecule has 8 nitrogen and oxygen atoms in total. The molecule has 4 N–H and O–H groups in total. The molecule has 0 aliphatic heterocycles. The molecule has 0 fully saturated rings. The quantitative estimate of drug-likeness (QED) is 0.662. The van der Waals surface area contributed by atoms with Crippen molar-refractivity contribution in [3.8, 4) is 0 Å². The third-order valence-corrected chi connectivity index (χ3v) is 2.84. The van der Waals surface area contributed by atoms with Crippen LogP contribution in [0, 0.1) is 0 Å². The van der Waals surface area contributed by atoms with Crippen molar-refractivity contribution in [1.82, 2.24) is 19.7 Å². The summed E-state index contributed by atoms with van der Waals surface area (Å²) in [5, 5.41) is 10.2. The molecule has 2 rings (SSSR count). The molecule has 0 saturated carbocycles. The zero-order valence-electron chi connectivity index (χ0n) is 12.1. The molecule has 0 radical (unpaired) electrons. The minimum Gasteiger partial charge on any atom is -0.369 e. The van der Waals surface area contributed by atoms with Gasteiger partial charge in [-0.2, -0.15) is 10.1 Å². The lowest BCUT2D eigenvalue weighted by Crippen LogP contribution is -2.17. The minimum absolute atomic E-state index is 0.280. The third kappa shape index (κ3) is 3.91. The number of nitrogens with two attached hydrogens (primary N) is 1. The average molecular weight is 289 g/mol. The zero-order valence-corrected chi connectivity index (χ0v) is 12.1. The number of carbonyl (C=O) groups excluding carboxylic acids is 1. The van der Waals surface area contributed by atoms with Crippen LogP contribution < -0.4 is 16.4 Å². The van der Waals surface area contributed by atoms with Crippen LogP contribution in [0.2, 0.25) is 0 Å². The van der Waals surface area contributed by atoms with E-state index in [0.717, 1.165) is 25.1 Å². The maximum absolute atomic E-state index is 11.4. The molecule has 2 aromatic heterocycles. The van der Waals surface area contributed by atoms with Crippen LogP contribution in [0.3, 0.4) is 0 Å². The lowest BCUT2D eigenvalue weighted by molar-refractivity contribution is 0.100. The summed E-state index contributed by atoms with van der Waals surface area (Å²) in [4.78, 5) is 19.8. The predicted molar refractivity (Wildman–Crippen MR) is 80.4 cm³/mol. The number of rotatable bonds is 7. The molecule has 2 heterocycles. The van der Waals surface area contributed by atoms with Crippen LogP contribution in [0.15, 0.2) is 18.6 Å². The van der Waals surface area contributed by atoms with Gasteiger partial charge >= 0.3 is 0 Å². The maximum Gasteiger partial charge on any atom is 0.254 e. The topological polar surface area (TPSA) is 111 Å². The Kier molecular flexibility index (Phi) is 4.70. The van der Waals surface area contributed by atoms with Crippen molar-refractivity contribution in [3.05, 3.63) is 24.2 Å². The Labute approximate surface area is 122 Å². The van der Waals surface area contributed by atoms with Crippen LogP contribution in [0.4, 0.5) is 17.5 Å². The third-order valence-electron chi connectivity index (χ3n) is 2.84. The van der Waals surface area contributed by atoms with Gasteiger partial charge in [-0.1, -0.05) is 13.3 Å². The van der Waals surface area contributed by atoms with Crippen molar-refractivity contribution >= 4 is 23.4 Å². The van der Waals surface area contributed by atoms with Crippen molar-refractivity contribution in [2.45, 2.75) is 19.8 Å². The molecule has 0 spiro atoms. The van der Waals surface area contributed by atoms with Gasteiger partial charge in [0.15, 0.2) is 0 Å². The number of aromatic nitrogens is 4. The fourth-order valence-corrected chi connectivity index (χ4v) is 1.76. The van der Waals surface area contributed by atoms with E-state index in [4.69, 9.17) is 5.73 Å². The van der Waals surface area contributed by atoms with Crippen LogP contribution in [0.25, 0.3) is 0 Å². The minimum atomic E-state index is -0.554. The number of carbonyl (C=O) groups is 1. The van der Waals surface area contributed by atoms with Gasteiger partial charge in [0.1, 0.15) is 5.82 Å². The molecule has 1 amide bonds. The highest BCUT2D eigenvalue weighted by Gasteiger charge is 2.12. The van der Waals surface area contributed by atoms with Crippen molar-refractivity contribution in [3.63, 3.8) is 0 Å². The summed E-state index contributed by atoms with van der Waals surface area (Å²) in [7, 11) is 1.82. The summed E-state index contributed by atoms with van der Waals surface area (Å²) in [5.74, 6) is 0.270. The highest BCUT2D eigenvalue weighted by molar-refractivity contribution is 5.97. The van der Waals surface area contributed by atoms with Crippen molar-refractivity contribution in [1.29, 1.82) is 0 Å². The lowest BCUT2D eigenvalue weighted by Gasteiger charge is -2.10. The second-order valence-corrected chi connectivity index (χ2v) is 4.63. The second-order valence-electron chi connectivity index (χ2n) is 4.63. The number of nitrogens with one attached hydrogen (secondary N) is 2. The van der Waals surface area contributed by atoms with Crippen molar-refractivity contribution < 1.29 is 4.79 Å². The SMILES string of the molecule is CCCCNc1nc(Nc2cnn(C)c2)ncc1C(N)=O. The summed E-state index contributed by atoms with van der Waals surface area (Å²) in [5.41, 5.74) is 6.38. The van der Waals surface area contributed by atoms with Crippen LogP contribution in [-0.4, -0.2) is 32.2 Å². The van der Waals surface area contributed by atoms with E-state index >= 15 is 0 Å². The van der Waals surface area contributed by atoms with E-state index in [0.29, 0.717) is 11.8 Å². The van der Waals surface area contributed by atoms with Crippen LogP contribution in [0.1, 0.15) is 30.1 Å². The largest absolute Gasteiger partial charge is 0.369 e. The van der Waals surface area contributed by atoms with E-state index in [-0.39, 0.29) is 5.56 Å². The Bertz CT molecular complexity index is 623. The molecule has 0 saturated heterocycles. The summed E-state index contributed by atoms with van der Waals surface area (Å²) >= 11 is 0. The highest BCUT2D eigenvalue weighted by Crippen LogP contribution is 2.16. The molecule has 0 atom stereocenters. The first kappa shape index (κ1) is 14.8. The molecular weight excluding hydrogens is 270 g/mol. The standard InChI is InChI=1S/C13H19N7O/c1-3-4-5-15-12-10(11(14)21)7-16-13(19-12)18-9-6-17-20(2)8-9/h6-8H,3-5H2,1-2H3,(H2,14,21)(H2,15,16,18,19). The number of aryl methyl sites for hydroxylation is 1. The van der Waals surface area contributed by atoms with Crippen molar-refractivity contribution in [2.24, 2.45) is 12.8 Å². The molecule has 112 valence electrons. The molecule has 0 unspecified atom stereocenters. The molecule has 0 aliphatic carbocycles. The van der Waals surface area contributed by atoms with Gasteiger partial charge in [0.2, 0.25) is 5.95 Å². The Morgan fingerprint density at radius 3 is 2.86 bits per heavy atom. The number of unbranched alkanes of at least 4 members (excludes halogenated alkanes) is 1. The van der Waals surface area contributed by atoms with Gasteiger partial charge in [-0.25, -0.2) is 4.98 Å². The van der Waals surface area contributed by atoms with Crippen LogP contribution in [-0.2, 0) is 7.05 Å². The summed E-state index contributed by atoms with van der Waals surface area (Å²) in [6, 6.07) is 0. The van der Waals surface area contributed by atoms with E-state index < -0.39 is 5.91 Å². The van der Waals surface area contributed by atoms with Crippen LogP contribution in [0.5, 0.6) is 0 Å². The van der Waals surface area contributed by atoms with E-state index in [1.54, 1.807) is 17.1 Å². The predicted octanol–water partition coefficient (Wildman–Crippen LogP) is 1.26. The van der Waals surface area contributed by atoms with Gasteiger partial charge in [-0.05, 0) is 6.42 Å². The summed E-state index contributed by atoms with van der Waals surface area (Å²) in [6.07, 6.45) is 6.91. The number of primary amides is 1. The van der Waals surface area contributed by atoms with Gasteiger partial charge in [-0.15, -0.1) is 0 Å². The van der Waals surface area contributed by atoms with E-state index in [2.05, 4.69) is 32.6 Å². The number of hydrogen-bond donors (Lipinski definition) is 3. The normalized spacial score (nSPS) is 10.4. The zero-order chi connectivity index (χ0) is 15.2. The fraction of sp³-hybridized carbons (Fsp3) is 0.385. The number of amides is 1. The fourth-order valence-electron chi connectivity index (χ4n) is 1.76. The Hall–Kier alpha value is -2.64. The molecular formula is C13H19N7O. The molecule has 2 aromatic rings. The summed E-state index contributed by atoms with van der Waals surface area (Å²) in [6.45, 7) is 2.81. The number of hydrogen-bond acceptors (Lipinski definition) is 6. The van der Waals surface area contributed by atoms with E-state index in [1.165, 1.54) is 6.20 Å². The lowest BCUT2D eigenvalue weighted by atomic mass is 10.3. The molecule has 0 aliphatic rings. The highest BCUT2D eigenvalue weighted by atomic mass is 16.1. The molecule has 8 heteroatoms. The monoisotopic (exact) mass is 289 g/mol. The Balaban J connectivity index is 2.19. The molecule has 21 heavy (non-hydrogen) atoms.